The first kappa shape index (κ1) is 19.4. The number of ether oxygens (including phenoxy) is 1. The lowest BCUT2D eigenvalue weighted by atomic mass is 9.88. The van der Waals surface area contributed by atoms with Gasteiger partial charge in [0.05, 0.1) is 13.2 Å². The minimum Gasteiger partial charge on any atom is -0.383 e. The lowest BCUT2D eigenvalue weighted by Gasteiger charge is -2.20. The Kier molecular flexibility index (Phi) is 8.42. The molecule has 138 valence electrons. The van der Waals surface area contributed by atoms with Crippen molar-refractivity contribution in [3.05, 3.63) is 29.8 Å². The van der Waals surface area contributed by atoms with Gasteiger partial charge in [0.25, 0.3) is 0 Å². The minimum atomic E-state index is -0.0623. The number of hydrogen-bond donors (Lipinski definition) is 3. The van der Waals surface area contributed by atoms with E-state index in [4.69, 9.17) is 4.74 Å². The maximum atomic E-state index is 12.3. The van der Waals surface area contributed by atoms with Crippen molar-refractivity contribution in [2.45, 2.75) is 38.6 Å². The molecule has 3 N–H and O–H groups in total. The van der Waals surface area contributed by atoms with Crippen molar-refractivity contribution in [3.63, 3.8) is 0 Å². The van der Waals surface area contributed by atoms with Gasteiger partial charge in [-0.2, -0.15) is 0 Å². The van der Waals surface area contributed by atoms with Gasteiger partial charge < -0.3 is 20.7 Å². The fourth-order valence-electron chi connectivity index (χ4n) is 3.01. The maximum absolute atomic E-state index is 12.3. The Morgan fingerprint density at radius 2 is 2.00 bits per heavy atom. The average Bonchev–Trinajstić information content (AvgIpc) is 2.64. The lowest BCUT2D eigenvalue weighted by Crippen LogP contribution is -2.34. The molecule has 1 saturated carbocycles. The van der Waals surface area contributed by atoms with Crippen LogP contribution in [0.5, 0.6) is 0 Å². The largest absolute Gasteiger partial charge is 0.383 e. The normalized spacial score (nSPS) is 14.9. The highest BCUT2D eigenvalue weighted by Gasteiger charge is 2.20. The zero-order valence-electron chi connectivity index (χ0n) is 15.0. The molecule has 25 heavy (non-hydrogen) atoms. The SMILES string of the molecule is COCCNCC(=O)NCc1cccc(NC(=O)C2CCCCC2)c1. The highest BCUT2D eigenvalue weighted by molar-refractivity contribution is 5.92. The summed E-state index contributed by atoms with van der Waals surface area (Å²) >= 11 is 0. The second-order valence-electron chi connectivity index (χ2n) is 6.47. The molecule has 0 heterocycles. The minimum absolute atomic E-state index is 0.0623. The summed E-state index contributed by atoms with van der Waals surface area (Å²) in [5, 5.41) is 8.88. The third-order valence-corrected chi connectivity index (χ3v) is 4.43. The van der Waals surface area contributed by atoms with Gasteiger partial charge in [-0.1, -0.05) is 31.4 Å². The van der Waals surface area contributed by atoms with E-state index in [2.05, 4.69) is 16.0 Å². The zero-order chi connectivity index (χ0) is 17.9. The Bertz CT molecular complexity index is 557. The third kappa shape index (κ3) is 7.23. The van der Waals surface area contributed by atoms with Crippen molar-refractivity contribution in [2.24, 2.45) is 5.92 Å². The summed E-state index contributed by atoms with van der Waals surface area (Å²) in [7, 11) is 1.63. The van der Waals surface area contributed by atoms with E-state index in [0.29, 0.717) is 19.7 Å². The Morgan fingerprint density at radius 1 is 1.20 bits per heavy atom. The van der Waals surface area contributed by atoms with E-state index in [1.165, 1.54) is 6.42 Å². The first-order chi connectivity index (χ1) is 12.2. The first-order valence-corrected chi connectivity index (χ1v) is 9.05. The van der Waals surface area contributed by atoms with E-state index in [1.807, 2.05) is 24.3 Å². The van der Waals surface area contributed by atoms with Crippen LogP contribution < -0.4 is 16.0 Å². The van der Waals surface area contributed by atoms with Crippen LogP contribution >= 0.6 is 0 Å². The number of methoxy groups -OCH3 is 1. The predicted octanol–water partition coefficient (Wildman–Crippen LogP) is 2.06. The summed E-state index contributed by atoms with van der Waals surface area (Å²) in [5.41, 5.74) is 1.76. The van der Waals surface area contributed by atoms with Crippen LogP contribution in [0.25, 0.3) is 0 Å². The molecular formula is C19H29N3O3. The van der Waals surface area contributed by atoms with Crippen LogP contribution in [0.2, 0.25) is 0 Å². The number of anilines is 1. The Labute approximate surface area is 149 Å². The Balaban J connectivity index is 1.76. The van der Waals surface area contributed by atoms with Crippen molar-refractivity contribution < 1.29 is 14.3 Å². The van der Waals surface area contributed by atoms with Gasteiger partial charge in [-0.3, -0.25) is 9.59 Å². The molecule has 0 bridgehead atoms. The first-order valence-electron chi connectivity index (χ1n) is 9.05. The van der Waals surface area contributed by atoms with Crippen LogP contribution in [0.4, 0.5) is 5.69 Å². The summed E-state index contributed by atoms with van der Waals surface area (Å²) in [4.78, 5) is 24.1. The Hall–Kier alpha value is -1.92. The number of carbonyl (C=O) groups excluding carboxylic acids is 2. The second kappa shape index (κ2) is 10.8. The molecule has 0 aliphatic heterocycles. The maximum Gasteiger partial charge on any atom is 0.234 e. The highest BCUT2D eigenvalue weighted by atomic mass is 16.5. The van der Waals surface area contributed by atoms with E-state index in [9.17, 15) is 9.59 Å². The molecule has 6 heteroatoms. The van der Waals surface area contributed by atoms with Crippen molar-refractivity contribution in [3.8, 4) is 0 Å². The summed E-state index contributed by atoms with van der Waals surface area (Å²) in [6.45, 7) is 1.93. The van der Waals surface area contributed by atoms with Gasteiger partial charge in [0, 0.05) is 31.8 Å². The molecule has 0 unspecified atom stereocenters. The molecule has 2 rings (SSSR count). The zero-order valence-corrected chi connectivity index (χ0v) is 15.0. The Morgan fingerprint density at radius 3 is 2.76 bits per heavy atom. The monoisotopic (exact) mass is 347 g/mol. The van der Waals surface area contributed by atoms with Crippen molar-refractivity contribution in [1.82, 2.24) is 10.6 Å². The number of nitrogens with one attached hydrogen (secondary N) is 3. The van der Waals surface area contributed by atoms with Crippen molar-refractivity contribution in [1.29, 1.82) is 0 Å². The van der Waals surface area contributed by atoms with Gasteiger partial charge in [0.15, 0.2) is 0 Å². The molecule has 0 saturated heterocycles. The molecule has 1 aromatic carbocycles. The van der Waals surface area contributed by atoms with Gasteiger partial charge >= 0.3 is 0 Å². The molecule has 0 spiro atoms. The average molecular weight is 347 g/mol. The molecule has 1 aromatic rings. The van der Waals surface area contributed by atoms with E-state index in [-0.39, 0.29) is 24.3 Å². The molecule has 1 fully saturated rings. The summed E-state index contributed by atoms with van der Waals surface area (Å²) < 4.78 is 4.91. The molecule has 6 nitrogen and oxygen atoms in total. The van der Waals surface area contributed by atoms with Crippen LogP contribution in [-0.2, 0) is 20.9 Å². The van der Waals surface area contributed by atoms with E-state index >= 15 is 0 Å². The lowest BCUT2D eigenvalue weighted by molar-refractivity contribution is -0.121. The summed E-state index contributed by atoms with van der Waals surface area (Å²) in [5.74, 6) is 0.186. The molecule has 1 aliphatic carbocycles. The van der Waals surface area contributed by atoms with Gasteiger partial charge in [0.2, 0.25) is 11.8 Å². The van der Waals surface area contributed by atoms with E-state index < -0.39 is 0 Å². The van der Waals surface area contributed by atoms with E-state index in [0.717, 1.165) is 36.9 Å². The van der Waals surface area contributed by atoms with Crippen LogP contribution in [0.1, 0.15) is 37.7 Å². The number of amides is 2. The molecule has 0 radical (unpaired) electrons. The number of rotatable bonds is 9. The van der Waals surface area contributed by atoms with Gasteiger partial charge in [0.1, 0.15) is 0 Å². The number of benzene rings is 1. The van der Waals surface area contributed by atoms with Gasteiger partial charge in [-0.05, 0) is 30.5 Å². The smallest absolute Gasteiger partial charge is 0.234 e. The fraction of sp³-hybridized carbons (Fsp3) is 0.579. The molecule has 0 atom stereocenters. The summed E-state index contributed by atoms with van der Waals surface area (Å²) in [6.07, 6.45) is 5.49. The van der Waals surface area contributed by atoms with Gasteiger partial charge in [-0.15, -0.1) is 0 Å². The quantitative estimate of drug-likeness (QED) is 0.598. The van der Waals surface area contributed by atoms with Gasteiger partial charge in [-0.25, -0.2) is 0 Å². The molecule has 1 aliphatic rings. The van der Waals surface area contributed by atoms with E-state index in [1.54, 1.807) is 7.11 Å². The highest BCUT2D eigenvalue weighted by Crippen LogP contribution is 2.25. The molecular weight excluding hydrogens is 318 g/mol. The molecule has 0 aromatic heterocycles. The third-order valence-electron chi connectivity index (χ3n) is 4.43. The second-order valence-corrected chi connectivity index (χ2v) is 6.47. The van der Waals surface area contributed by atoms with Crippen molar-refractivity contribution >= 4 is 17.5 Å². The van der Waals surface area contributed by atoms with Crippen LogP contribution in [0, 0.1) is 5.92 Å². The molecule has 2 amide bonds. The topological polar surface area (TPSA) is 79.5 Å². The fourth-order valence-corrected chi connectivity index (χ4v) is 3.01. The standard InChI is InChI=1S/C19H29N3O3/c1-25-11-10-20-14-18(23)21-13-15-6-5-9-17(12-15)22-19(24)16-7-3-2-4-8-16/h5-6,9,12,16,20H,2-4,7-8,10-11,13-14H2,1H3,(H,21,23)(H,22,24). The number of carbonyl (C=O) groups is 2. The van der Waals surface area contributed by atoms with Crippen LogP contribution in [0.3, 0.4) is 0 Å². The van der Waals surface area contributed by atoms with Crippen LogP contribution in [-0.4, -0.2) is 38.6 Å². The van der Waals surface area contributed by atoms with Crippen molar-refractivity contribution in [2.75, 3.05) is 32.1 Å². The number of hydrogen-bond acceptors (Lipinski definition) is 4. The van der Waals surface area contributed by atoms with Crippen LogP contribution in [0.15, 0.2) is 24.3 Å². The predicted molar refractivity (Wildman–Crippen MR) is 98.2 cm³/mol. The summed E-state index contributed by atoms with van der Waals surface area (Å²) in [6, 6.07) is 7.64.